The summed E-state index contributed by atoms with van der Waals surface area (Å²) >= 11 is 0. The largest absolute Gasteiger partial charge is 0.345 e. The summed E-state index contributed by atoms with van der Waals surface area (Å²) < 4.78 is 0. The fourth-order valence-corrected chi connectivity index (χ4v) is 1.90. The molecule has 0 aliphatic heterocycles. The van der Waals surface area contributed by atoms with E-state index in [2.05, 4.69) is 16.0 Å². The van der Waals surface area contributed by atoms with E-state index in [1.54, 1.807) is 0 Å². The van der Waals surface area contributed by atoms with Crippen LogP contribution in [0.1, 0.15) is 11.3 Å². The van der Waals surface area contributed by atoms with Crippen molar-refractivity contribution in [2.75, 3.05) is 0 Å². The van der Waals surface area contributed by atoms with E-state index in [0.29, 0.717) is 0 Å². The van der Waals surface area contributed by atoms with Crippen LogP contribution in [0.5, 0.6) is 0 Å². The molecular weight excluding hydrogens is 176 g/mol. The molecule has 0 bridgehead atoms. The van der Waals surface area contributed by atoms with Crippen molar-refractivity contribution in [1.82, 2.24) is 9.97 Å². The molecule has 1 aromatic heterocycles. The van der Waals surface area contributed by atoms with Crippen molar-refractivity contribution >= 4 is 17.0 Å². The van der Waals surface area contributed by atoms with E-state index in [4.69, 9.17) is 0 Å². The van der Waals surface area contributed by atoms with Gasteiger partial charge in [-0.15, -0.1) is 0 Å². The van der Waals surface area contributed by atoms with Gasteiger partial charge in [0.25, 0.3) is 0 Å². The number of nitrogens with zero attached hydrogens (tertiary/aromatic N) is 1. The molecule has 0 spiro atoms. The Morgan fingerprint density at radius 3 is 3.21 bits per heavy atom. The van der Waals surface area contributed by atoms with Gasteiger partial charge in [-0.1, -0.05) is 24.3 Å². The number of hydrogen-bond acceptors (Lipinski definition) is 2. The van der Waals surface area contributed by atoms with Gasteiger partial charge in [-0.05, 0) is 11.6 Å². The van der Waals surface area contributed by atoms with E-state index in [1.165, 1.54) is 0 Å². The Balaban J connectivity index is 2.59. The maximum Gasteiger partial charge on any atom is 0.345 e. The monoisotopic (exact) mass is 184 g/mol. The molecule has 68 valence electrons. The normalized spacial score (nSPS) is 13.4. The summed E-state index contributed by atoms with van der Waals surface area (Å²) in [4.78, 5) is 17.9. The summed E-state index contributed by atoms with van der Waals surface area (Å²) in [7, 11) is 0. The molecule has 0 saturated carbocycles. The average Bonchev–Trinajstić information content (AvgIpc) is 2.18. The summed E-state index contributed by atoms with van der Waals surface area (Å²) in [5.41, 5.74) is 2.62. The lowest BCUT2D eigenvalue weighted by atomic mass is 10.00. The van der Waals surface area contributed by atoms with E-state index in [0.717, 1.165) is 28.6 Å². The van der Waals surface area contributed by atoms with Crippen LogP contribution in [0.15, 0.2) is 29.1 Å². The van der Waals surface area contributed by atoms with E-state index >= 15 is 0 Å². The molecule has 1 aromatic carbocycles. The molecule has 3 rings (SSSR count). The predicted molar refractivity (Wildman–Crippen MR) is 55.1 cm³/mol. The smallest absolute Gasteiger partial charge is 0.309 e. The Labute approximate surface area is 80.1 Å². The van der Waals surface area contributed by atoms with E-state index in [1.807, 2.05) is 24.3 Å². The third kappa shape index (κ3) is 0.923. The minimum atomic E-state index is -0.264. The van der Waals surface area contributed by atoms with E-state index in [9.17, 15) is 4.79 Å². The number of rotatable bonds is 0. The summed E-state index contributed by atoms with van der Waals surface area (Å²) in [5.74, 6) is 0. The van der Waals surface area contributed by atoms with Gasteiger partial charge >= 0.3 is 5.69 Å². The quantitative estimate of drug-likeness (QED) is 0.674. The zero-order chi connectivity index (χ0) is 9.54. The highest BCUT2D eigenvalue weighted by Gasteiger charge is 2.09. The van der Waals surface area contributed by atoms with Crippen LogP contribution in [-0.4, -0.2) is 9.97 Å². The first-order valence-electron chi connectivity index (χ1n) is 4.53. The SMILES string of the molecule is O=c1nc2cccc3c2c([nH]1)CC=C3. The highest BCUT2D eigenvalue weighted by atomic mass is 16.1. The minimum absolute atomic E-state index is 0.264. The van der Waals surface area contributed by atoms with Gasteiger partial charge in [0.15, 0.2) is 0 Å². The van der Waals surface area contributed by atoms with Crippen molar-refractivity contribution in [3.05, 3.63) is 46.0 Å². The molecular formula is C11H8N2O. The molecule has 3 heteroatoms. The molecule has 2 aromatic rings. The fraction of sp³-hybridized carbons (Fsp3) is 0.0909. The number of H-pyrrole nitrogens is 1. The lowest BCUT2D eigenvalue weighted by molar-refractivity contribution is 1.03. The highest BCUT2D eigenvalue weighted by Crippen LogP contribution is 2.24. The lowest BCUT2D eigenvalue weighted by Gasteiger charge is -2.10. The number of hydrogen-bond donors (Lipinski definition) is 1. The minimum Gasteiger partial charge on any atom is -0.309 e. The summed E-state index contributed by atoms with van der Waals surface area (Å²) in [6.07, 6.45) is 4.90. The maximum atomic E-state index is 11.2. The molecule has 0 radical (unpaired) electrons. The van der Waals surface area contributed by atoms with Crippen LogP contribution in [0.25, 0.3) is 17.0 Å². The van der Waals surface area contributed by atoms with E-state index in [-0.39, 0.29) is 5.69 Å². The van der Waals surface area contributed by atoms with Gasteiger partial charge in [-0.25, -0.2) is 4.79 Å². The van der Waals surface area contributed by atoms with Gasteiger partial charge < -0.3 is 4.98 Å². The Kier molecular flexibility index (Phi) is 1.36. The molecule has 14 heavy (non-hydrogen) atoms. The maximum absolute atomic E-state index is 11.2. The topological polar surface area (TPSA) is 45.8 Å². The van der Waals surface area contributed by atoms with Crippen LogP contribution < -0.4 is 5.69 Å². The van der Waals surface area contributed by atoms with Crippen molar-refractivity contribution in [2.45, 2.75) is 6.42 Å². The molecule has 0 saturated heterocycles. The first-order valence-corrected chi connectivity index (χ1v) is 4.53. The number of allylic oxidation sites excluding steroid dienone is 1. The Morgan fingerprint density at radius 2 is 2.29 bits per heavy atom. The van der Waals surface area contributed by atoms with E-state index < -0.39 is 0 Å². The molecule has 0 fully saturated rings. The van der Waals surface area contributed by atoms with Gasteiger partial charge in [0, 0.05) is 17.5 Å². The van der Waals surface area contributed by atoms with Crippen molar-refractivity contribution in [1.29, 1.82) is 0 Å². The van der Waals surface area contributed by atoms with Crippen LogP contribution in [0.3, 0.4) is 0 Å². The van der Waals surface area contributed by atoms with Gasteiger partial charge in [-0.3, -0.25) is 0 Å². The highest BCUT2D eigenvalue weighted by molar-refractivity contribution is 5.91. The van der Waals surface area contributed by atoms with Crippen molar-refractivity contribution < 1.29 is 0 Å². The van der Waals surface area contributed by atoms with Crippen molar-refractivity contribution in [3.8, 4) is 0 Å². The summed E-state index contributed by atoms with van der Waals surface area (Å²) in [6.45, 7) is 0. The molecule has 1 aliphatic rings. The average molecular weight is 184 g/mol. The second kappa shape index (κ2) is 2.54. The number of aromatic nitrogens is 2. The van der Waals surface area contributed by atoms with Crippen molar-refractivity contribution in [3.63, 3.8) is 0 Å². The van der Waals surface area contributed by atoms with Crippen LogP contribution in [0.4, 0.5) is 0 Å². The first kappa shape index (κ1) is 7.50. The molecule has 0 atom stereocenters. The van der Waals surface area contributed by atoms with Gasteiger partial charge in [0.05, 0.1) is 5.52 Å². The predicted octanol–water partition coefficient (Wildman–Crippen LogP) is 1.49. The van der Waals surface area contributed by atoms with Crippen LogP contribution in [-0.2, 0) is 6.42 Å². The molecule has 3 nitrogen and oxygen atoms in total. The number of aromatic amines is 1. The lowest BCUT2D eigenvalue weighted by Crippen LogP contribution is -2.14. The van der Waals surface area contributed by atoms with Crippen LogP contribution in [0.2, 0.25) is 0 Å². The molecule has 0 amide bonds. The second-order valence-electron chi connectivity index (χ2n) is 3.37. The Morgan fingerprint density at radius 1 is 1.36 bits per heavy atom. The standard InChI is InChI=1S/C11H8N2O/c14-11-12-8-5-1-3-7-4-2-6-9(13-11)10(7)8/h1-5H,6H2,(H,12,13,14). The fourth-order valence-electron chi connectivity index (χ4n) is 1.90. The van der Waals surface area contributed by atoms with Gasteiger partial charge in [-0.2, -0.15) is 4.98 Å². The number of nitrogens with one attached hydrogen (secondary N) is 1. The van der Waals surface area contributed by atoms with Gasteiger partial charge in [0.2, 0.25) is 0 Å². The molecule has 1 N–H and O–H groups in total. The Hall–Kier alpha value is -1.90. The zero-order valence-corrected chi connectivity index (χ0v) is 7.45. The molecule has 1 heterocycles. The van der Waals surface area contributed by atoms with Crippen LogP contribution >= 0.6 is 0 Å². The first-order chi connectivity index (χ1) is 6.84. The van der Waals surface area contributed by atoms with Crippen LogP contribution in [0, 0.1) is 0 Å². The van der Waals surface area contributed by atoms with Gasteiger partial charge in [0.1, 0.15) is 0 Å². The third-order valence-electron chi connectivity index (χ3n) is 2.48. The number of benzene rings is 1. The molecule has 1 aliphatic carbocycles. The Bertz CT molecular complexity index is 596. The third-order valence-corrected chi connectivity index (χ3v) is 2.48. The summed E-state index contributed by atoms with van der Waals surface area (Å²) in [6, 6.07) is 5.82. The summed E-state index contributed by atoms with van der Waals surface area (Å²) in [5, 5.41) is 1.08. The molecule has 0 unspecified atom stereocenters. The zero-order valence-electron chi connectivity index (χ0n) is 7.45. The second-order valence-corrected chi connectivity index (χ2v) is 3.37. The van der Waals surface area contributed by atoms with Crippen molar-refractivity contribution in [2.24, 2.45) is 0 Å².